The van der Waals surface area contributed by atoms with Crippen molar-refractivity contribution < 1.29 is 14.3 Å². The van der Waals surface area contributed by atoms with Gasteiger partial charge in [-0.15, -0.1) is 12.6 Å². The fraction of sp³-hybridized carbons (Fsp3) is 0.846. The molecule has 0 heterocycles. The van der Waals surface area contributed by atoms with Gasteiger partial charge in [0, 0.05) is 0 Å². The van der Waals surface area contributed by atoms with Crippen LogP contribution in [0.15, 0.2) is 0 Å². The molecule has 1 fully saturated rings. The molecule has 0 aromatic carbocycles. The van der Waals surface area contributed by atoms with Crippen LogP contribution in [0.2, 0.25) is 0 Å². The molecule has 17 heavy (non-hydrogen) atoms. The molecular formula is C13H22O3S. The summed E-state index contributed by atoms with van der Waals surface area (Å²) < 4.78 is 4.90. The molecule has 0 spiro atoms. The summed E-state index contributed by atoms with van der Waals surface area (Å²) in [5.74, 6) is -0.406. The van der Waals surface area contributed by atoms with Crippen molar-refractivity contribution in [3.63, 3.8) is 0 Å². The molecule has 1 atom stereocenters. The zero-order chi connectivity index (χ0) is 12.7. The minimum Gasteiger partial charge on any atom is -0.465 e. The van der Waals surface area contributed by atoms with Crippen LogP contribution in [-0.4, -0.2) is 17.7 Å². The molecule has 1 aliphatic rings. The van der Waals surface area contributed by atoms with Gasteiger partial charge in [0.05, 0.1) is 6.61 Å². The van der Waals surface area contributed by atoms with Crippen LogP contribution in [0.1, 0.15) is 51.9 Å². The number of hydrogen-bond acceptors (Lipinski definition) is 3. The quantitative estimate of drug-likeness (QED) is 0.452. The smallest absolute Gasteiger partial charge is 0.317 e. The van der Waals surface area contributed by atoms with Crippen LogP contribution in [-0.2, 0) is 14.3 Å². The van der Waals surface area contributed by atoms with Crippen molar-refractivity contribution in [2.75, 3.05) is 6.61 Å². The molecule has 98 valence electrons. The fourth-order valence-corrected chi connectivity index (χ4v) is 2.70. The second-order valence-corrected chi connectivity index (χ2v) is 5.17. The summed E-state index contributed by atoms with van der Waals surface area (Å²) in [5, 5.41) is -0.362. The van der Waals surface area contributed by atoms with Gasteiger partial charge in [0.25, 0.3) is 0 Å². The second kappa shape index (κ2) is 7.75. The average molecular weight is 258 g/mol. The lowest BCUT2D eigenvalue weighted by atomic mass is 9.84. The number of esters is 1. The number of carbonyl (C=O) groups is 2. The summed E-state index contributed by atoms with van der Waals surface area (Å²) in [6, 6.07) is 0. The van der Waals surface area contributed by atoms with Crippen molar-refractivity contribution in [2.24, 2.45) is 11.8 Å². The van der Waals surface area contributed by atoms with Gasteiger partial charge in [-0.05, 0) is 25.7 Å². The summed E-state index contributed by atoms with van der Waals surface area (Å²) in [7, 11) is 0. The molecule has 0 aromatic rings. The summed E-state index contributed by atoms with van der Waals surface area (Å²) >= 11 is 3.78. The van der Waals surface area contributed by atoms with Crippen molar-refractivity contribution in [1.82, 2.24) is 0 Å². The van der Waals surface area contributed by atoms with Gasteiger partial charge in [-0.2, -0.15) is 0 Å². The highest BCUT2D eigenvalue weighted by molar-refractivity contribution is 7.96. The van der Waals surface area contributed by atoms with E-state index in [9.17, 15) is 9.59 Å². The largest absolute Gasteiger partial charge is 0.465 e. The maximum Gasteiger partial charge on any atom is 0.317 e. The standard InChI is InChI=1S/C13H22O3S/c1-2-16-12(14)11(13(15)17)9-8-10-6-4-3-5-7-10/h10-11H,2-9H2,1H3,(H,15,17). The normalized spacial score (nSPS) is 18.7. The zero-order valence-corrected chi connectivity index (χ0v) is 11.4. The number of ether oxygens (including phenoxy) is 1. The lowest BCUT2D eigenvalue weighted by Gasteiger charge is -2.22. The predicted octanol–water partition coefficient (Wildman–Crippen LogP) is 2.98. The maximum atomic E-state index is 11.6. The van der Waals surface area contributed by atoms with Gasteiger partial charge in [0.2, 0.25) is 0 Å². The third-order valence-corrected chi connectivity index (χ3v) is 3.77. The lowest BCUT2D eigenvalue weighted by Crippen LogP contribution is -2.24. The Labute approximate surface area is 109 Å². The van der Waals surface area contributed by atoms with Crippen LogP contribution < -0.4 is 0 Å². The third kappa shape index (κ3) is 5.11. The Balaban J connectivity index is 2.38. The Morgan fingerprint density at radius 3 is 2.47 bits per heavy atom. The van der Waals surface area contributed by atoms with Crippen LogP contribution in [0.5, 0.6) is 0 Å². The predicted molar refractivity (Wildman–Crippen MR) is 69.9 cm³/mol. The Morgan fingerprint density at radius 1 is 1.29 bits per heavy atom. The Bertz CT molecular complexity index is 259. The first kappa shape index (κ1) is 14.6. The van der Waals surface area contributed by atoms with Crippen molar-refractivity contribution in [3.8, 4) is 0 Å². The SMILES string of the molecule is CCOC(=O)C(CCC1CCCCC1)C(=O)S. The van der Waals surface area contributed by atoms with Gasteiger partial charge in [-0.25, -0.2) is 0 Å². The van der Waals surface area contributed by atoms with Crippen LogP contribution in [0.4, 0.5) is 0 Å². The van der Waals surface area contributed by atoms with Crippen LogP contribution >= 0.6 is 12.6 Å². The molecule has 1 aliphatic carbocycles. The van der Waals surface area contributed by atoms with Crippen LogP contribution in [0.25, 0.3) is 0 Å². The molecule has 1 saturated carbocycles. The van der Waals surface area contributed by atoms with E-state index in [0.29, 0.717) is 18.9 Å². The number of thiol groups is 1. The van der Waals surface area contributed by atoms with Crippen molar-refractivity contribution in [1.29, 1.82) is 0 Å². The van der Waals surface area contributed by atoms with Crippen LogP contribution in [0, 0.1) is 11.8 Å². The van der Waals surface area contributed by atoms with Crippen molar-refractivity contribution >= 4 is 23.7 Å². The molecule has 0 aliphatic heterocycles. The van der Waals surface area contributed by atoms with Crippen LogP contribution in [0.3, 0.4) is 0 Å². The molecule has 0 bridgehead atoms. The number of carbonyl (C=O) groups excluding carboxylic acids is 2. The average Bonchev–Trinajstić information content (AvgIpc) is 2.30. The summed E-state index contributed by atoms with van der Waals surface area (Å²) in [5.41, 5.74) is 0. The zero-order valence-electron chi connectivity index (χ0n) is 10.5. The monoisotopic (exact) mass is 258 g/mol. The summed E-state index contributed by atoms with van der Waals surface area (Å²) in [4.78, 5) is 22.9. The van der Waals surface area contributed by atoms with Crippen molar-refractivity contribution in [3.05, 3.63) is 0 Å². The number of hydrogen-bond donors (Lipinski definition) is 1. The van der Waals surface area contributed by atoms with E-state index >= 15 is 0 Å². The molecule has 1 rings (SSSR count). The van der Waals surface area contributed by atoms with E-state index in [1.54, 1.807) is 6.92 Å². The molecule has 1 unspecified atom stereocenters. The highest BCUT2D eigenvalue weighted by atomic mass is 32.1. The van der Waals surface area contributed by atoms with E-state index in [1.165, 1.54) is 32.1 Å². The third-order valence-electron chi connectivity index (χ3n) is 3.46. The first-order chi connectivity index (χ1) is 8.15. The van der Waals surface area contributed by atoms with E-state index < -0.39 is 11.9 Å². The fourth-order valence-electron chi connectivity index (χ4n) is 2.46. The van der Waals surface area contributed by atoms with E-state index in [-0.39, 0.29) is 5.12 Å². The van der Waals surface area contributed by atoms with E-state index in [4.69, 9.17) is 4.74 Å². The van der Waals surface area contributed by atoms with Gasteiger partial charge < -0.3 is 4.74 Å². The number of rotatable bonds is 6. The first-order valence-electron chi connectivity index (χ1n) is 6.54. The van der Waals surface area contributed by atoms with Gasteiger partial charge >= 0.3 is 5.97 Å². The second-order valence-electron chi connectivity index (χ2n) is 4.72. The van der Waals surface area contributed by atoms with Gasteiger partial charge in [-0.3, -0.25) is 9.59 Å². The summed E-state index contributed by atoms with van der Waals surface area (Å²) in [6.45, 7) is 2.07. The lowest BCUT2D eigenvalue weighted by molar-refractivity contribution is -0.150. The van der Waals surface area contributed by atoms with Gasteiger partial charge in [0.15, 0.2) is 5.12 Å². The molecule has 3 nitrogen and oxygen atoms in total. The van der Waals surface area contributed by atoms with E-state index in [0.717, 1.165) is 6.42 Å². The highest BCUT2D eigenvalue weighted by Gasteiger charge is 2.26. The molecule has 0 amide bonds. The molecule has 0 N–H and O–H groups in total. The topological polar surface area (TPSA) is 43.4 Å². The Hall–Kier alpha value is -0.510. The first-order valence-corrected chi connectivity index (χ1v) is 6.99. The molecule has 0 radical (unpaired) electrons. The van der Waals surface area contributed by atoms with E-state index in [2.05, 4.69) is 12.6 Å². The van der Waals surface area contributed by atoms with Gasteiger partial charge in [0.1, 0.15) is 5.92 Å². The van der Waals surface area contributed by atoms with Crippen molar-refractivity contribution in [2.45, 2.75) is 51.9 Å². The molecule has 4 heteroatoms. The summed E-state index contributed by atoms with van der Waals surface area (Å²) in [6.07, 6.45) is 7.88. The minimum absolute atomic E-state index is 0.319. The Kier molecular flexibility index (Phi) is 6.63. The molecule has 0 saturated heterocycles. The minimum atomic E-state index is -0.666. The van der Waals surface area contributed by atoms with Gasteiger partial charge in [-0.1, -0.05) is 32.1 Å². The molecule has 0 aromatic heterocycles. The maximum absolute atomic E-state index is 11.6. The molecular weight excluding hydrogens is 236 g/mol. The van der Waals surface area contributed by atoms with E-state index in [1.807, 2.05) is 0 Å². The Morgan fingerprint density at radius 2 is 1.94 bits per heavy atom. The highest BCUT2D eigenvalue weighted by Crippen LogP contribution is 2.29.